The number of aromatic nitrogens is 1. The Hall–Kier alpha value is -2.10. The topological polar surface area (TPSA) is 46.3 Å². The van der Waals surface area contributed by atoms with Gasteiger partial charge in [-0.2, -0.15) is 0 Å². The van der Waals surface area contributed by atoms with E-state index >= 15 is 0 Å². The van der Waals surface area contributed by atoms with Gasteiger partial charge in [0.15, 0.2) is 0 Å². The van der Waals surface area contributed by atoms with Gasteiger partial charge in [-0.05, 0) is 44.1 Å². The predicted molar refractivity (Wildman–Crippen MR) is 82.6 cm³/mol. The molecular formula is C18H20N2O2. The summed E-state index contributed by atoms with van der Waals surface area (Å²) in [6, 6.07) is 10.5. The molecule has 4 rings (SSSR count). The second-order valence-corrected chi connectivity index (χ2v) is 6.21. The number of hydrogen-bond acceptors (Lipinski definition) is 3. The molecule has 22 heavy (non-hydrogen) atoms. The van der Waals surface area contributed by atoms with E-state index in [1.54, 1.807) is 0 Å². The Kier molecular flexibility index (Phi) is 3.45. The van der Waals surface area contributed by atoms with Crippen molar-refractivity contribution in [2.45, 2.75) is 44.6 Å². The van der Waals surface area contributed by atoms with Gasteiger partial charge >= 0.3 is 0 Å². The van der Waals surface area contributed by atoms with Crippen LogP contribution >= 0.6 is 0 Å². The summed E-state index contributed by atoms with van der Waals surface area (Å²) in [7, 11) is 0. The molecular weight excluding hydrogens is 276 g/mol. The summed E-state index contributed by atoms with van der Waals surface area (Å²) < 4.78 is 5.43. The lowest BCUT2D eigenvalue weighted by atomic mass is 9.95. The van der Waals surface area contributed by atoms with Gasteiger partial charge in [-0.3, -0.25) is 4.79 Å². The largest absolute Gasteiger partial charge is 0.350 e. The van der Waals surface area contributed by atoms with E-state index in [1.165, 1.54) is 5.56 Å². The molecule has 114 valence electrons. The smallest absolute Gasteiger partial charge is 0.293 e. The van der Waals surface area contributed by atoms with Crippen molar-refractivity contribution in [3.8, 4) is 0 Å². The quantitative estimate of drug-likeness (QED) is 0.851. The minimum atomic E-state index is 0.0157. The van der Waals surface area contributed by atoms with Crippen LogP contribution < -0.4 is 0 Å². The monoisotopic (exact) mass is 296 g/mol. The van der Waals surface area contributed by atoms with Crippen LogP contribution in [0.2, 0.25) is 0 Å². The van der Waals surface area contributed by atoms with Crippen LogP contribution in [0.3, 0.4) is 0 Å². The Morgan fingerprint density at radius 1 is 1.14 bits per heavy atom. The maximum absolute atomic E-state index is 13.0. The highest BCUT2D eigenvalue weighted by Crippen LogP contribution is 2.34. The molecule has 2 aromatic rings. The van der Waals surface area contributed by atoms with Crippen molar-refractivity contribution in [3.05, 3.63) is 52.9 Å². The molecule has 0 radical (unpaired) electrons. The number of fused-ring (bicyclic) bond motifs is 1. The molecule has 0 bridgehead atoms. The van der Waals surface area contributed by atoms with E-state index in [-0.39, 0.29) is 11.9 Å². The standard InChI is InChI=1S/C18H20N2O2/c21-18(17-14-9-4-5-10-15(14)19-22-17)20-12-6-11-16(20)13-7-2-1-3-8-13/h1-3,7-8,16H,4-6,9-12H2. The molecule has 4 heteroatoms. The third-order valence-corrected chi connectivity index (χ3v) is 4.85. The van der Waals surface area contributed by atoms with E-state index < -0.39 is 0 Å². The average Bonchev–Trinajstić information content (AvgIpc) is 3.22. The first kappa shape index (κ1) is 13.6. The molecule has 0 spiro atoms. The zero-order valence-corrected chi connectivity index (χ0v) is 12.6. The van der Waals surface area contributed by atoms with E-state index in [2.05, 4.69) is 17.3 Å². The fourth-order valence-electron chi connectivity index (χ4n) is 3.72. The van der Waals surface area contributed by atoms with E-state index in [9.17, 15) is 4.79 Å². The molecule has 2 heterocycles. The first-order valence-corrected chi connectivity index (χ1v) is 8.18. The first-order chi connectivity index (χ1) is 10.8. The summed E-state index contributed by atoms with van der Waals surface area (Å²) in [6.07, 6.45) is 6.19. The average molecular weight is 296 g/mol. The number of rotatable bonds is 2. The second-order valence-electron chi connectivity index (χ2n) is 6.21. The maximum Gasteiger partial charge on any atom is 0.293 e. The van der Waals surface area contributed by atoms with Crippen LogP contribution in [-0.4, -0.2) is 22.5 Å². The Morgan fingerprint density at radius 3 is 2.82 bits per heavy atom. The lowest BCUT2D eigenvalue weighted by Crippen LogP contribution is -2.31. The van der Waals surface area contributed by atoms with Gasteiger partial charge in [-0.25, -0.2) is 0 Å². The number of benzene rings is 1. The van der Waals surface area contributed by atoms with Gasteiger partial charge in [0.2, 0.25) is 5.76 Å². The van der Waals surface area contributed by atoms with E-state index in [0.29, 0.717) is 5.76 Å². The summed E-state index contributed by atoms with van der Waals surface area (Å²) in [6.45, 7) is 0.799. The number of nitrogens with zero attached hydrogens (tertiary/aromatic N) is 2. The highest BCUT2D eigenvalue weighted by molar-refractivity contribution is 5.93. The van der Waals surface area contributed by atoms with Crippen molar-refractivity contribution >= 4 is 5.91 Å². The van der Waals surface area contributed by atoms with Crippen molar-refractivity contribution in [2.75, 3.05) is 6.54 Å². The van der Waals surface area contributed by atoms with Crippen LogP contribution in [0, 0.1) is 0 Å². The molecule has 1 atom stereocenters. The zero-order chi connectivity index (χ0) is 14.9. The van der Waals surface area contributed by atoms with Gasteiger partial charge in [-0.15, -0.1) is 0 Å². The zero-order valence-electron chi connectivity index (χ0n) is 12.6. The molecule has 1 aromatic heterocycles. The lowest BCUT2D eigenvalue weighted by Gasteiger charge is -2.24. The Bertz CT molecular complexity index is 678. The first-order valence-electron chi connectivity index (χ1n) is 8.18. The SMILES string of the molecule is O=C(c1onc2c1CCCC2)N1CCCC1c1ccccc1. The minimum Gasteiger partial charge on any atom is -0.350 e. The van der Waals surface area contributed by atoms with Crippen molar-refractivity contribution in [3.63, 3.8) is 0 Å². The Balaban J connectivity index is 1.63. The van der Waals surface area contributed by atoms with Crippen molar-refractivity contribution in [2.24, 2.45) is 0 Å². The molecule has 1 aliphatic carbocycles. The summed E-state index contributed by atoms with van der Waals surface area (Å²) in [5, 5.41) is 4.12. The maximum atomic E-state index is 13.0. The number of likely N-dealkylation sites (tertiary alicyclic amines) is 1. The van der Waals surface area contributed by atoms with Gasteiger partial charge in [0.05, 0.1) is 11.7 Å². The molecule has 1 saturated heterocycles. The van der Waals surface area contributed by atoms with Crippen LogP contribution in [0.1, 0.15) is 59.1 Å². The van der Waals surface area contributed by atoms with Crippen LogP contribution in [-0.2, 0) is 12.8 Å². The highest BCUT2D eigenvalue weighted by Gasteiger charge is 2.34. The lowest BCUT2D eigenvalue weighted by molar-refractivity contribution is 0.0691. The summed E-state index contributed by atoms with van der Waals surface area (Å²) in [5.41, 5.74) is 3.25. The minimum absolute atomic E-state index is 0.0157. The molecule has 1 unspecified atom stereocenters. The number of aryl methyl sites for hydroxylation is 1. The van der Waals surface area contributed by atoms with E-state index in [4.69, 9.17) is 4.52 Å². The Morgan fingerprint density at radius 2 is 1.95 bits per heavy atom. The summed E-state index contributed by atoms with van der Waals surface area (Å²) in [5.74, 6) is 0.500. The molecule has 1 amide bonds. The van der Waals surface area contributed by atoms with Gasteiger partial charge in [0.25, 0.3) is 5.91 Å². The van der Waals surface area contributed by atoms with Crippen LogP contribution in [0.4, 0.5) is 0 Å². The summed E-state index contributed by atoms with van der Waals surface area (Å²) >= 11 is 0. The number of hydrogen-bond donors (Lipinski definition) is 0. The third-order valence-electron chi connectivity index (χ3n) is 4.85. The van der Waals surface area contributed by atoms with Crippen molar-refractivity contribution in [1.29, 1.82) is 0 Å². The molecule has 1 aromatic carbocycles. The highest BCUT2D eigenvalue weighted by atomic mass is 16.5. The van der Waals surface area contributed by atoms with Crippen molar-refractivity contribution in [1.82, 2.24) is 10.1 Å². The molecule has 4 nitrogen and oxygen atoms in total. The van der Waals surface area contributed by atoms with E-state index in [0.717, 1.165) is 56.3 Å². The normalized spacial score (nSPS) is 20.9. The third kappa shape index (κ3) is 2.23. The predicted octanol–water partition coefficient (Wildman–Crippen LogP) is 3.53. The van der Waals surface area contributed by atoms with Gasteiger partial charge in [0, 0.05) is 12.1 Å². The van der Waals surface area contributed by atoms with Gasteiger partial charge < -0.3 is 9.42 Å². The second kappa shape index (κ2) is 5.59. The van der Waals surface area contributed by atoms with Gasteiger partial charge in [0.1, 0.15) is 0 Å². The van der Waals surface area contributed by atoms with E-state index in [1.807, 2.05) is 23.1 Å². The molecule has 0 saturated carbocycles. The van der Waals surface area contributed by atoms with Crippen LogP contribution in [0.25, 0.3) is 0 Å². The fraction of sp³-hybridized carbons (Fsp3) is 0.444. The van der Waals surface area contributed by atoms with Crippen LogP contribution in [0.5, 0.6) is 0 Å². The summed E-state index contributed by atoms with van der Waals surface area (Å²) in [4.78, 5) is 14.9. The molecule has 2 aliphatic rings. The molecule has 1 aliphatic heterocycles. The number of amides is 1. The van der Waals surface area contributed by atoms with Gasteiger partial charge in [-0.1, -0.05) is 35.5 Å². The number of carbonyl (C=O) groups excluding carboxylic acids is 1. The Labute approximate surface area is 130 Å². The molecule has 1 fully saturated rings. The molecule has 0 N–H and O–H groups in total. The van der Waals surface area contributed by atoms with Crippen LogP contribution in [0.15, 0.2) is 34.9 Å². The number of carbonyl (C=O) groups is 1. The van der Waals surface area contributed by atoms with Crippen molar-refractivity contribution < 1.29 is 9.32 Å². The fourth-order valence-corrected chi connectivity index (χ4v) is 3.72.